The Morgan fingerprint density at radius 3 is 1.18 bits per heavy atom. The molecule has 0 aliphatic carbocycles. The highest BCUT2D eigenvalue weighted by molar-refractivity contribution is 6.66. The molecule has 0 radical (unpaired) electrons. The Kier molecular flexibility index (Phi) is 4.81. The second-order valence-electron chi connectivity index (χ2n) is 11.1. The van der Waals surface area contributed by atoms with E-state index in [1.165, 1.54) is 0 Å². The number of hydrogen-bond donors (Lipinski definition) is 0. The second kappa shape index (κ2) is 8.73. The number of benzene rings is 4. The molecule has 4 aromatic carbocycles. The van der Waals surface area contributed by atoms with Crippen molar-refractivity contribution in [3.05, 3.63) is 130 Å². The quantitative estimate of drug-likeness (QED) is 0.269. The summed E-state index contributed by atoms with van der Waals surface area (Å²) in [6, 6.07) is 32.3. The maximum absolute atomic E-state index is 6.67. The molecule has 4 aliphatic rings. The Morgan fingerprint density at radius 1 is 0.422 bits per heavy atom. The van der Waals surface area contributed by atoms with E-state index >= 15 is 0 Å². The lowest BCUT2D eigenvalue weighted by atomic mass is 10.1. The Balaban J connectivity index is 1.55. The summed E-state index contributed by atoms with van der Waals surface area (Å²) in [7, 11) is -0.492. The molecule has 0 atom stereocenters. The van der Waals surface area contributed by atoms with Crippen LogP contribution in [0.1, 0.15) is 22.3 Å². The number of rotatable bonds is 2. The molecule has 4 aliphatic heterocycles. The van der Waals surface area contributed by atoms with E-state index in [-0.39, 0.29) is 0 Å². The molecule has 10 rings (SSSR count). The van der Waals surface area contributed by atoms with Gasteiger partial charge in [0.15, 0.2) is 23.3 Å². The van der Waals surface area contributed by atoms with Gasteiger partial charge < -0.3 is 8.85 Å². The molecule has 0 fully saturated rings. The zero-order valence-electron chi connectivity index (χ0n) is 24.1. The Labute approximate surface area is 256 Å². The van der Waals surface area contributed by atoms with Crippen molar-refractivity contribution in [2.75, 3.05) is 14.2 Å². The van der Waals surface area contributed by atoms with Crippen LogP contribution in [-0.4, -0.2) is 54.9 Å². The molecular formula is C34H22N8O2Si. The fourth-order valence-corrected chi connectivity index (χ4v) is 9.73. The summed E-state index contributed by atoms with van der Waals surface area (Å²) in [5, 5.41) is 3.56. The summed E-state index contributed by atoms with van der Waals surface area (Å²) in [5.41, 5.74) is 4.87. The van der Waals surface area contributed by atoms with Gasteiger partial charge in [-0.1, -0.05) is 97.1 Å². The third-order valence-corrected chi connectivity index (χ3v) is 11.9. The van der Waals surface area contributed by atoms with Crippen molar-refractivity contribution in [3.63, 3.8) is 0 Å². The first-order valence-corrected chi connectivity index (χ1v) is 16.3. The number of nitrogens with zero attached hydrogens (tertiary/aromatic N) is 8. The van der Waals surface area contributed by atoms with Crippen molar-refractivity contribution in [1.82, 2.24) is 8.47 Å². The SMILES string of the molecule is CO[Si]1(OC)n2c3c4ccccc4c2N=C2N=C(N=c4c5ccccc5c(n41)=NC1=NC(=N3)c3ccccc31)c1ccccc12. The van der Waals surface area contributed by atoms with Crippen LogP contribution in [0.4, 0.5) is 11.6 Å². The van der Waals surface area contributed by atoms with Crippen molar-refractivity contribution in [3.8, 4) is 0 Å². The molecule has 11 heteroatoms. The van der Waals surface area contributed by atoms with Gasteiger partial charge in [0.2, 0.25) is 0 Å². The number of aromatic nitrogens is 2. The largest absolute Gasteiger partial charge is 0.602 e. The molecule has 10 nitrogen and oxygen atoms in total. The first-order valence-electron chi connectivity index (χ1n) is 14.6. The molecule has 0 saturated heterocycles. The molecule has 0 N–H and O–H groups in total. The predicted molar refractivity (Wildman–Crippen MR) is 175 cm³/mol. The molecule has 6 aromatic rings. The minimum atomic E-state index is -3.84. The summed E-state index contributed by atoms with van der Waals surface area (Å²) >= 11 is 0. The smallest absolute Gasteiger partial charge is 0.364 e. The number of hydrogen-bond acceptors (Lipinski definition) is 8. The fraction of sp³-hybridized carbons (Fsp3) is 0.0588. The first-order chi connectivity index (χ1) is 22.2. The van der Waals surface area contributed by atoms with Gasteiger partial charge in [0, 0.05) is 58.0 Å². The van der Waals surface area contributed by atoms with Gasteiger partial charge in [-0.2, -0.15) is 0 Å². The number of amidine groups is 4. The number of aliphatic imine (C=N–C) groups is 4. The minimum Gasteiger partial charge on any atom is -0.364 e. The van der Waals surface area contributed by atoms with E-state index in [0.29, 0.717) is 46.0 Å². The van der Waals surface area contributed by atoms with Gasteiger partial charge >= 0.3 is 8.88 Å². The summed E-state index contributed by atoms with van der Waals surface area (Å²) in [4.78, 5) is 31.2. The third kappa shape index (κ3) is 3.08. The zero-order chi connectivity index (χ0) is 29.9. The van der Waals surface area contributed by atoms with Crippen LogP contribution < -0.4 is 11.0 Å². The van der Waals surface area contributed by atoms with Gasteiger partial charge in [0.25, 0.3) is 0 Å². The first kappa shape index (κ1) is 24.8. The highest BCUT2D eigenvalue weighted by Gasteiger charge is 2.51. The highest BCUT2D eigenvalue weighted by atomic mass is 28.4. The molecular weight excluding hydrogens is 581 g/mol. The monoisotopic (exact) mass is 602 g/mol. The van der Waals surface area contributed by atoms with Crippen LogP contribution >= 0.6 is 0 Å². The lowest BCUT2D eigenvalue weighted by Crippen LogP contribution is -2.62. The summed E-state index contributed by atoms with van der Waals surface area (Å²) in [6.45, 7) is 0. The molecule has 45 heavy (non-hydrogen) atoms. The van der Waals surface area contributed by atoms with Gasteiger partial charge in [-0.15, -0.1) is 0 Å². The van der Waals surface area contributed by atoms with Crippen LogP contribution in [0.15, 0.2) is 127 Å². The topological polar surface area (TPSA) is 102 Å². The van der Waals surface area contributed by atoms with E-state index in [9.17, 15) is 0 Å². The Hall–Kier alpha value is -5.62. The standard InChI is InChI=1S/C34H22N8O2Si/c1-43-45(44-2)41-31-23-15-7-8-16-24(23)33(41)39-29-21-13-5-6-14-22(21)30(36-29)40-34-26-18-10-9-17-25(26)32(42(34)45)38-28-20-12-4-3-11-19(20)27(35-28)37-31/h3-18H,1-2H3. The molecule has 0 unspecified atom stereocenters. The van der Waals surface area contributed by atoms with Crippen molar-refractivity contribution in [2.45, 2.75) is 0 Å². The molecule has 0 spiro atoms. The summed E-state index contributed by atoms with van der Waals surface area (Å²) in [5.74, 6) is 3.52. The Morgan fingerprint density at radius 2 is 0.778 bits per heavy atom. The molecule has 6 bridgehead atoms. The number of fused-ring (bicyclic) bond motifs is 14. The summed E-state index contributed by atoms with van der Waals surface area (Å²) in [6.07, 6.45) is 0. The van der Waals surface area contributed by atoms with Crippen molar-refractivity contribution < 1.29 is 8.85 Å². The minimum absolute atomic E-state index is 0.566. The van der Waals surface area contributed by atoms with Crippen LogP contribution in [0.5, 0.6) is 0 Å². The predicted octanol–water partition coefficient (Wildman–Crippen LogP) is 4.66. The lowest BCUT2D eigenvalue weighted by molar-refractivity contribution is 0.217. The van der Waals surface area contributed by atoms with Crippen LogP contribution in [0.3, 0.4) is 0 Å². The van der Waals surface area contributed by atoms with Gasteiger partial charge in [-0.25, -0.2) is 30.0 Å². The van der Waals surface area contributed by atoms with Crippen molar-refractivity contribution in [2.24, 2.45) is 30.0 Å². The fourth-order valence-electron chi connectivity index (χ4n) is 6.88. The van der Waals surface area contributed by atoms with E-state index in [1.54, 1.807) is 14.2 Å². The van der Waals surface area contributed by atoms with E-state index in [0.717, 1.165) is 43.8 Å². The zero-order valence-corrected chi connectivity index (χ0v) is 25.1. The van der Waals surface area contributed by atoms with Crippen molar-refractivity contribution in [1.29, 1.82) is 0 Å². The second-order valence-corrected chi connectivity index (χ2v) is 13.9. The molecule has 2 aromatic heterocycles. The molecule has 0 saturated carbocycles. The summed E-state index contributed by atoms with van der Waals surface area (Å²) < 4.78 is 17.4. The van der Waals surface area contributed by atoms with Crippen molar-refractivity contribution >= 4 is 65.4 Å². The van der Waals surface area contributed by atoms with E-state index < -0.39 is 8.88 Å². The van der Waals surface area contributed by atoms with Gasteiger partial charge in [0.1, 0.15) is 22.6 Å². The van der Waals surface area contributed by atoms with Gasteiger partial charge in [-0.3, -0.25) is 8.47 Å². The van der Waals surface area contributed by atoms with Crippen LogP contribution in [-0.2, 0) is 8.85 Å². The van der Waals surface area contributed by atoms with E-state index in [1.807, 2.05) is 81.3 Å². The van der Waals surface area contributed by atoms with Gasteiger partial charge in [-0.05, 0) is 0 Å². The van der Waals surface area contributed by atoms with Gasteiger partial charge in [0.05, 0.1) is 0 Å². The molecule has 6 heterocycles. The average molecular weight is 603 g/mol. The Bertz CT molecular complexity index is 2420. The third-order valence-electron chi connectivity index (χ3n) is 8.85. The maximum atomic E-state index is 6.67. The molecule has 214 valence electrons. The van der Waals surface area contributed by atoms with Crippen LogP contribution in [0.25, 0.3) is 21.5 Å². The lowest BCUT2D eigenvalue weighted by Gasteiger charge is -2.30. The normalized spacial score (nSPS) is 16.6. The van der Waals surface area contributed by atoms with Crippen LogP contribution in [0.2, 0.25) is 0 Å². The molecule has 0 amide bonds. The van der Waals surface area contributed by atoms with E-state index in [2.05, 4.69) is 24.3 Å². The average Bonchev–Trinajstić information content (AvgIpc) is 3.80. The van der Waals surface area contributed by atoms with E-state index in [4.69, 9.17) is 38.8 Å². The highest BCUT2D eigenvalue weighted by Crippen LogP contribution is 2.43. The van der Waals surface area contributed by atoms with Crippen LogP contribution in [0, 0.1) is 0 Å². The maximum Gasteiger partial charge on any atom is 0.602 e.